The quantitative estimate of drug-likeness (QED) is 0.515. The number of carbonyl (C=O) groups is 2. The largest absolute Gasteiger partial charge is 0.384 e. The topological polar surface area (TPSA) is 117 Å². The van der Waals surface area contributed by atoms with Gasteiger partial charge in [0.2, 0.25) is 11.8 Å². The number of nitrogen functional groups attached to an aromatic ring is 1. The van der Waals surface area contributed by atoms with Crippen LogP contribution in [0.15, 0.2) is 18.3 Å². The summed E-state index contributed by atoms with van der Waals surface area (Å²) in [6, 6.07) is 2.86. The summed E-state index contributed by atoms with van der Waals surface area (Å²) >= 11 is 0. The standard InChI is InChI=1S/C21H34N4O3/c1-14(2)10-18(26)21(28)25-17(11-15-6-4-3-5-7-15)20(27)24-13-16-8-9-19(22)23-12-16/h8-9,12,14-15,17-18,26H,3-7,10-11,13H2,1-2H3,(H2,22,23)(H,24,27)(H,25,28)/t17-,18+/m0/s1. The molecule has 1 aromatic heterocycles. The van der Waals surface area contributed by atoms with E-state index in [1.807, 2.05) is 19.9 Å². The Hall–Kier alpha value is -2.15. The van der Waals surface area contributed by atoms with Crippen LogP contribution < -0.4 is 16.4 Å². The molecule has 7 heteroatoms. The number of hydrogen-bond donors (Lipinski definition) is 4. The first-order chi connectivity index (χ1) is 13.3. The lowest BCUT2D eigenvalue weighted by Gasteiger charge is -2.27. The first-order valence-corrected chi connectivity index (χ1v) is 10.3. The molecule has 2 atom stereocenters. The number of hydrogen-bond acceptors (Lipinski definition) is 5. The summed E-state index contributed by atoms with van der Waals surface area (Å²) in [5.74, 6) is 0.345. The molecule has 0 unspecified atom stereocenters. The lowest BCUT2D eigenvalue weighted by atomic mass is 9.84. The van der Waals surface area contributed by atoms with Crippen LogP contribution >= 0.6 is 0 Å². The van der Waals surface area contributed by atoms with E-state index in [0.29, 0.717) is 31.1 Å². The minimum atomic E-state index is -1.09. The van der Waals surface area contributed by atoms with E-state index in [2.05, 4.69) is 15.6 Å². The normalized spacial score (nSPS) is 17.1. The van der Waals surface area contributed by atoms with E-state index < -0.39 is 18.1 Å². The zero-order chi connectivity index (χ0) is 20.5. The van der Waals surface area contributed by atoms with Crippen LogP contribution in [0.3, 0.4) is 0 Å². The van der Waals surface area contributed by atoms with E-state index in [9.17, 15) is 14.7 Å². The molecule has 2 amide bonds. The number of nitrogens with two attached hydrogens (primary N) is 1. The van der Waals surface area contributed by atoms with Crippen LogP contribution in [0.2, 0.25) is 0 Å². The number of amides is 2. The lowest BCUT2D eigenvalue weighted by Crippen LogP contribution is -2.50. The Kier molecular flexibility index (Phi) is 8.70. The molecule has 1 aliphatic rings. The van der Waals surface area contributed by atoms with Crippen LogP contribution in [-0.4, -0.2) is 34.1 Å². The molecule has 0 saturated heterocycles. The highest BCUT2D eigenvalue weighted by atomic mass is 16.3. The van der Waals surface area contributed by atoms with Crippen LogP contribution in [-0.2, 0) is 16.1 Å². The molecular formula is C21H34N4O3. The Morgan fingerprint density at radius 1 is 1.21 bits per heavy atom. The minimum Gasteiger partial charge on any atom is -0.384 e. The van der Waals surface area contributed by atoms with Crippen molar-refractivity contribution in [2.75, 3.05) is 5.73 Å². The van der Waals surface area contributed by atoms with Gasteiger partial charge in [0.25, 0.3) is 0 Å². The van der Waals surface area contributed by atoms with Crippen molar-refractivity contribution in [2.45, 2.75) is 77.5 Å². The van der Waals surface area contributed by atoms with Crippen LogP contribution in [0.25, 0.3) is 0 Å². The number of aromatic nitrogens is 1. The van der Waals surface area contributed by atoms with Crippen molar-refractivity contribution in [3.63, 3.8) is 0 Å². The molecule has 2 rings (SSSR count). The fourth-order valence-electron chi connectivity index (χ4n) is 3.66. The molecule has 1 aromatic rings. The van der Waals surface area contributed by atoms with Gasteiger partial charge in [-0.25, -0.2) is 4.98 Å². The van der Waals surface area contributed by atoms with Crippen LogP contribution in [0.4, 0.5) is 5.82 Å². The molecule has 1 fully saturated rings. The van der Waals surface area contributed by atoms with Gasteiger partial charge in [0, 0.05) is 12.7 Å². The van der Waals surface area contributed by atoms with Gasteiger partial charge in [-0.2, -0.15) is 0 Å². The number of pyridine rings is 1. The predicted octanol–water partition coefficient (Wildman–Crippen LogP) is 2.14. The average Bonchev–Trinajstić information content (AvgIpc) is 2.67. The molecule has 0 bridgehead atoms. The smallest absolute Gasteiger partial charge is 0.249 e. The fourth-order valence-corrected chi connectivity index (χ4v) is 3.66. The summed E-state index contributed by atoms with van der Waals surface area (Å²) in [4.78, 5) is 29.2. The van der Waals surface area contributed by atoms with Gasteiger partial charge in [0.05, 0.1) is 0 Å². The van der Waals surface area contributed by atoms with E-state index in [1.54, 1.807) is 12.3 Å². The van der Waals surface area contributed by atoms with Crippen LogP contribution in [0, 0.1) is 11.8 Å². The Morgan fingerprint density at radius 2 is 1.93 bits per heavy atom. The van der Waals surface area contributed by atoms with Gasteiger partial charge in [-0.3, -0.25) is 9.59 Å². The van der Waals surface area contributed by atoms with E-state index >= 15 is 0 Å². The summed E-state index contributed by atoms with van der Waals surface area (Å²) in [5.41, 5.74) is 6.42. The Balaban J connectivity index is 1.97. The highest BCUT2D eigenvalue weighted by Gasteiger charge is 2.28. The van der Waals surface area contributed by atoms with Gasteiger partial charge in [-0.15, -0.1) is 0 Å². The molecule has 0 radical (unpaired) electrons. The van der Waals surface area contributed by atoms with Gasteiger partial charge in [-0.1, -0.05) is 52.0 Å². The average molecular weight is 391 g/mol. The number of rotatable bonds is 9. The summed E-state index contributed by atoms with van der Waals surface area (Å²) < 4.78 is 0. The number of aliphatic hydroxyl groups is 1. The van der Waals surface area contributed by atoms with E-state index in [4.69, 9.17) is 5.73 Å². The van der Waals surface area contributed by atoms with Crippen molar-refractivity contribution in [1.82, 2.24) is 15.6 Å². The molecule has 0 spiro atoms. The minimum absolute atomic E-state index is 0.199. The van der Waals surface area contributed by atoms with Crippen LogP contribution in [0.5, 0.6) is 0 Å². The highest BCUT2D eigenvalue weighted by molar-refractivity contribution is 5.89. The maximum atomic E-state index is 12.8. The number of nitrogens with one attached hydrogen (secondary N) is 2. The third kappa shape index (κ3) is 7.46. The third-order valence-corrected chi connectivity index (χ3v) is 5.24. The second-order valence-corrected chi connectivity index (χ2v) is 8.26. The number of carbonyl (C=O) groups excluding carboxylic acids is 2. The van der Waals surface area contributed by atoms with Gasteiger partial charge >= 0.3 is 0 Å². The van der Waals surface area contributed by atoms with Crippen molar-refractivity contribution >= 4 is 17.6 Å². The van der Waals surface area contributed by atoms with E-state index in [1.165, 1.54) is 19.3 Å². The molecule has 0 aliphatic heterocycles. The molecular weight excluding hydrogens is 356 g/mol. The van der Waals surface area contributed by atoms with Gasteiger partial charge < -0.3 is 21.5 Å². The lowest BCUT2D eigenvalue weighted by molar-refractivity contribution is -0.135. The third-order valence-electron chi connectivity index (χ3n) is 5.24. The number of anilines is 1. The molecule has 1 saturated carbocycles. The van der Waals surface area contributed by atoms with E-state index in [0.717, 1.165) is 18.4 Å². The zero-order valence-electron chi connectivity index (χ0n) is 17.0. The van der Waals surface area contributed by atoms with Crippen molar-refractivity contribution < 1.29 is 14.7 Å². The second kappa shape index (κ2) is 11.0. The molecule has 156 valence electrons. The maximum Gasteiger partial charge on any atom is 0.249 e. The maximum absolute atomic E-state index is 12.8. The summed E-state index contributed by atoms with van der Waals surface area (Å²) in [6.45, 7) is 4.21. The van der Waals surface area contributed by atoms with Crippen molar-refractivity contribution in [3.05, 3.63) is 23.9 Å². The Bertz CT molecular complexity index is 627. The first kappa shape index (κ1) is 22.1. The zero-order valence-corrected chi connectivity index (χ0v) is 17.0. The van der Waals surface area contributed by atoms with Crippen molar-refractivity contribution in [2.24, 2.45) is 11.8 Å². The number of aliphatic hydroxyl groups excluding tert-OH is 1. The molecule has 0 aromatic carbocycles. The van der Waals surface area contributed by atoms with Gasteiger partial charge in [0.1, 0.15) is 18.0 Å². The van der Waals surface area contributed by atoms with Gasteiger partial charge in [0.15, 0.2) is 0 Å². The monoisotopic (exact) mass is 390 g/mol. The van der Waals surface area contributed by atoms with Gasteiger partial charge in [-0.05, 0) is 36.3 Å². The van der Waals surface area contributed by atoms with Crippen LogP contribution in [0.1, 0.15) is 64.4 Å². The fraction of sp³-hybridized carbons (Fsp3) is 0.667. The second-order valence-electron chi connectivity index (χ2n) is 8.26. The SMILES string of the molecule is CC(C)C[C@@H](O)C(=O)N[C@@H](CC1CCCCC1)C(=O)NCc1ccc(N)nc1. The molecule has 28 heavy (non-hydrogen) atoms. The molecule has 7 nitrogen and oxygen atoms in total. The van der Waals surface area contributed by atoms with E-state index in [-0.39, 0.29) is 11.8 Å². The Labute approximate surface area is 167 Å². The van der Waals surface area contributed by atoms with Crippen molar-refractivity contribution in [1.29, 1.82) is 0 Å². The number of nitrogens with zero attached hydrogens (tertiary/aromatic N) is 1. The molecule has 1 aliphatic carbocycles. The molecule has 1 heterocycles. The van der Waals surface area contributed by atoms with Crippen molar-refractivity contribution in [3.8, 4) is 0 Å². The summed E-state index contributed by atoms with van der Waals surface area (Å²) in [6.07, 6.45) is 7.23. The first-order valence-electron chi connectivity index (χ1n) is 10.3. The predicted molar refractivity (Wildman–Crippen MR) is 109 cm³/mol. The Morgan fingerprint density at radius 3 is 2.54 bits per heavy atom. The summed E-state index contributed by atoms with van der Waals surface area (Å²) in [5, 5.41) is 15.7. The molecule has 5 N–H and O–H groups in total. The highest BCUT2D eigenvalue weighted by Crippen LogP contribution is 2.27. The summed E-state index contributed by atoms with van der Waals surface area (Å²) in [7, 11) is 0.